The number of hydrogen-bond acceptors (Lipinski definition) is 5. The summed E-state index contributed by atoms with van der Waals surface area (Å²) in [5.74, 6) is -0.504. The Morgan fingerprint density at radius 1 is 1.22 bits per heavy atom. The van der Waals surface area contributed by atoms with Crippen LogP contribution < -0.4 is 10.2 Å². The molecule has 1 aliphatic rings. The monoisotopic (exact) mass is 457 g/mol. The van der Waals surface area contributed by atoms with Crippen molar-refractivity contribution in [3.05, 3.63) is 64.7 Å². The molecule has 0 bridgehead atoms. The topological polar surface area (TPSA) is 65.4 Å². The molecule has 3 rings (SSSR count). The zero-order valence-electron chi connectivity index (χ0n) is 18.8. The molecule has 2 aromatic rings. The number of carbonyl (C=O) groups excluding carboxylic acids is 1. The van der Waals surface area contributed by atoms with Crippen LogP contribution in [0.3, 0.4) is 0 Å². The van der Waals surface area contributed by atoms with E-state index in [4.69, 9.17) is 16.3 Å². The highest BCUT2D eigenvalue weighted by atomic mass is 35.5. The number of nitrogens with one attached hydrogen (secondary N) is 1. The number of halogens is 2. The maximum Gasteiger partial charge on any atom is 0.340 e. The van der Waals surface area contributed by atoms with E-state index in [9.17, 15) is 10.1 Å². The number of ether oxygens (including phenoxy) is 1. The molecule has 0 aliphatic carbocycles. The van der Waals surface area contributed by atoms with Crippen LogP contribution in [0.5, 0.6) is 0 Å². The second-order valence-electron chi connectivity index (χ2n) is 8.94. The lowest BCUT2D eigenvalue weighted by molar-refractivity contribution is 0.00700. The molecule has 1 heterocycles. The summed E-state index contributed by atoms with van der Waals surface area (Å²) in [6, 6.07) is 14.1. The summed E-state index contributed by atoms with van der Waals surface area (Å²) >= 11 is 6.33. The fourth-order valence-corrected chi connectivity index (χ4v) is 3.94. The van der Waals surface area contributed by atoms with Crippen molar-refractivity contribution >= 4 is 23.3 Å². The van der Waals surface area contributed by atoms with Gasteiger partial charge in [0, 0.05) is 38.2 Å². The third-order valence-electron chi connectivity index (χ3n) is 5.34. The number of aryl methyl sites for hydroxylation is 1. The molecule has 0 aromatic heterocycles. The molecule has 32 heavy (non-hydrogen) atoms. The molecule has 0 radical (unpaired) electrons. The number of nitrogens with zero attached hydrogens (tertiary/aromatic N) is 2. The van der Waals surface area contributed by atoms with Crippen molar-refractivity contribution in [2.75, 3.05) is 31.1 Å². The van der Waals surface area contributed by atoms with E-state index in [1.54, 1.807) is 51.1 Å². The minimum Gasteiger partial charge on any atom is -0.456 e. The van der Waals surface area contributed by atoms with Gasteiger partial charge in [-0.1, -0.05) is 35.9 Å². The lowest BCUT2D eigenvalue weighted by atomic mass is 9.97. The normalized spacial score (nSPS) is 16.2. The number of piperazine rings is 1. The third-order valence-corrected chi connectivity index (χ3v) is 5.75. The second kappa shape index (κ2) is 9.89. The molecule has 1 aliphatic heterocycles. The summed E-state index contributed by atoms with van der Waals surface area (Å²) in [7, 11) is 0. The van der Waals surface area contributed by atoms with Gasteiger partial charge in [0.1, 0.15) is 5.60 Å². The molecule has 1 saturated heterocycles. The van der Waals surface area contributed by atoms with Crippen LogP contribution in [-0.2, 0) is 16.3 Å². The summed E-state index contributed by atoms with van der Waals surface area (Å²) in [5, 5.41) is 10.4. The second-order valence-corrected chi connectivity index (χ2v) is 9.54. The molecule has 7 heteroatoms. The van der Waals surface area contributed by atoms with Gasteiger partial charge < -0.3 is 15.0 Å². The zero-order chi connectivity index (χ0) is 23.4. The van der Waals surface area contributed by atoms with E-state index in [1.807, 2.05) is 6.07 Å². The first-order valence-corrected chi connectivity index (χ1v) is 11.2. The number of hydrogen-bond donors (Lipinski definition) is 1. The highest BCUT2D eigenvalue weighted by Crippen LogP contribution is 2.38. The molecule has 0 saturated carbocycles. The first-order valence-electron chi connectivity index (χ1n) is 10.8. The average Bonchev–Trinajstić information content (AvgIpc) is 2.77. The van der Waals surface area contributed by atoms with E-state index in [1.165, 1.54) is 6.07 Å². The standard InChI is InChI=1S/C25H29ClFN3O2/c1-24(2,3)32-23(31)21-16-20(8-9-22(21)30-14-12-29-13-15-30)25(26,27)11-10-18-6-4-5-7-19(18)17-28/h4-9,16,29H,10-15H2,1-3H3. The highest BCUT2D eigenvalue weighted by Gasteiger charge is 2.32. The molecule has 1 fully saturated rings. The van der Waals surface area contributed by atoms with Gasteiger partial charge in [-0.2, -0.15) is 5.26 Å². The van der Waals surface area contributed by atoms with E-state index in [-0.39, 0.29) is 12.0 Å². The SMILES string of the molecule is CC(C)(C)OC(=O)c1cc(C(F)(Cl)CCc2ccccc2C#N)ccc1N1CCNCC1. The van der Waals surface area contributed by atoms with Gasteiger partial charge in [0.05, 0.1) is 22.9 Å². The molecule has 0 spiro atoms. The summed E-state index contributed by atoms with van der Waals surface area (Å²) in [6.07, 6.45) is 0.263. The molecule has 1 N–H and O–H groups in total. The minimum atomic E-state index is -2.19. The van der Waals surface area contributed by atoms with Crippen molar-refractivity contribution in [3.8, 4) is 6.07 Å². The lowest BCUT2D eigenvalue weighted by Gasteiger charge is -2.32. The van der Waals surface area contributed by atoms with E-state index in [0.29, 0.717) is 23.2 Å². The quantitative estimate of drug-likeness (QED) is 0.492. The van der Waals surface area contributed by atoms with Crippen molar-refractivity contribution in [1.29, 1.82) is 5.26 Å². The van der Waals surface area contributed by atoms with Crippen LogP contribution in [-0.4, -0.2) is 37.7 Å². The van der Waals surface area contributed by atoms with Crippen LogP contribution in [0.25, 0.3) is 0 Å². The first kappa shape index (κ1) is 24.0. The van der Waals surface area contributed by atoms with Crippen LogP contribution in [0.1, 0.15) is 54.2 Å². The molecule has 2 aromatic carbocycles. The van der Waals surface area contributed by atoms with E-state index >= 15 is 4.39 Å². The Morgan fingerprint density at radius 2 is 1.91 bits per heavy atom. The Bertz CT molecular complexity index is 1000. The Morgan fingerprint density at radius 3 is 2.56 bits per heavy atom. The van der Waals surface area contributed by atoms with Crippen LogP contribution in [0.4, 0.5) is 10.1 Å². The lowest BCUT2D eigenvalue weighted by Crippen LogP contribution is -2.44. The first-order chi connectivity index (χ1) is 15.1. The summed E-state index contributed by atoms with van der Waals surface area (Å²) in [5.41, 5.74) is 1.79. The Kier molecular flexibility index (Phi) is 7.43. The fourth-order valence-electron chi connectivity index (χ4n) is 3.72. The van der Waals surface area contributed by atoms with Gasteiger partial charge in [-0.3, -0.25) is 0 Å². The van der Waals surface area contributed by atoms with E-state index in [0.717, 1.165) is 31.7 Å². The molecule has 5 nitrogen and oxygen atoms in total. The minimum absolute atomic E-state index is 0.0337. The van der Waals surface area contributed by atoms with Gasteiger partial charge in [0.15, 0.2) is 0 Å². The highest BCUT2D eigenvalue weighted by molar-refractivity contribution is 6.23. The van der Waals surface area contributed by atoms with Crippen molar-refractivity contribution in [2.24, 2.45) is 0 Å². The van der Waals surface area contributed by atoms with Gasteiger partial charge in [-0.15, -0.1) is 0 Å². The predicted molar refractivity (Wildman–Crippen MR) is 125 cm³/mol. The van der Waals surface area contributed by atoms with Gasteiger partial charge >= 0.3 is 5.97 Å². The van der Waals surface area contributed by atoms with Crippen LogP contribution >= 0.6 is 11.6 Å². The Balaban J connectivity index is 1.90. The maximum atomic E-state index is 15.6. The predicted octanol–water partition coefficient (Wildman–Crippen LogP) is 4.92. The molecular formula is C25H29ClFN3O2. The third kappa shape index (κ3) is 5.99. The van der Waals surface area contributed by atoms with Crippen LogP contribution in [0.15, 0.2) is 42.5 Å². The number of rotatable bonds is 6. The number of nitriles is 1. The maximum absolute atomic E-state index is 15.6. The molecule has 1 unspecified atom stereocenters. The van der Waals surface area contributed by atoms with E-state index in [2.05, 4.69) is 16.3 Å². The van der Waals surface area contributed by atoms with Crippen molar-refractivity contribution in [3.63, 3.8) is 0 Å². The number of esters is 1. The number of anilines is 1. The molecule has 0 amide bonds. The number of carbonyl (C=O) groups is 1. The smallest absolute Gasteiger partial charge is 0.340 e. The summed E-state index contributed by atoms with van der Waals surface area (Å²) in [6.45, 7) is 8.48. The van der Waals surface area contributed by atoms with Gasteiger partial charge in [-0.25, -0.2) is 9.18 Å². The Hall–Kier alpha value is -2.62. The number of alkyl halides is 2. The summed E-state index contributed by atoms with van der Waals surface area (Å²) in [4.78, 5) is 15.1. The van der Waals surface area contributed by atoms with Gasteiger partial charge in [0.2, 0.25) is 5.13 Å². The van der Waals surface area contributed by atoms with Crippen LogP contribution in [0, 0.1) is 11.3 Å². The van der Waals surface area contributed by atoms with Crippen LogP contribution in [0.2, 0.25) is 0 Å². The summed E-state index contributed by atoms with van der Waals surface area (Å²) < 4.78 is 21.2. The zero-order valence-corrected chi connectivity index (χ0v) is 19.5. The van der Waals surface area contributed by atoms with Crippen molar-refractivity contribution in [2.45, 2.75) is 44.3 Å². The van der Waals surface area contributed by atoms with Gasteiger partial charge in [-0.05, 0) is 51.0 Å². The number of benzene rings is 2. The Labute approximate surface area is 194 Å². The van der Waals surface area contributed by atoms with Gasteiger partial charge in [0.25, 0.3) is 0 Å². The van der Waals surface area contributed by atoms with E-state index < -0.39 is 16.7 Å². The molecular weight excluding hydrogens is 429 g/mol. The largest absolute Gasteiger partial charge is 0.456 e. The molecule has 1 atom stereocenters. The molecule has 170 valence electrons. The van der Waals surface area contributed by atoms with Crippen molar-refractivity contribution in [1.82, 2.24) is 5.32 Å². The fraction of sp³-hybridized carbons (Fsp3) is 0.440. The average molecular weight is 458 g/mol. The van der Waals surface area contributed by atoms with Crippen molar-refractivity contribution < 1.29 is 13.9 Å².